The molecule has 1 unspecified atom stereocenters. The van der Waals surface area contributed by atoms with Crippen LogP contribution in [0.15, 0.2) is 17.1 Å². The quantitative estimate of drug-likeness (QED) is 0.919. The van der Waals surface area contributed by atoms with Gasteiger partial charge in [0.05, 0.1) is 29.0 Å². The van der Waals surface area contributed by atoms with Gasteiger partial charge in [-0.3, -0.25) is 4.99 Å². The van der Waals surface area contributed by atoms with E-state index in [-0.39, 0.29) is 0 Å². The Balaban J connectivity index is 1.91. The van der Waals surface area contributed by atoms with Crippen LogP contribution in [0.5, 0.6) is 0 Å². The predicted molar refractivity (Wildman–Crippen MR) is 80.0 cm³/mol. The number of rotatable bonds is 2. The van der Waals surface area contributed by atoms with Crippen LogP contribution in [0, 0.1) is 0 Å². The van der Waals surface area contributed by atoms with Crippen molar-refractivity contribution >= 4 is 57.0 Å². The van der Waals surface area contributed by atoms with E-state index in [2.05, 4.69) is 26.0 Å². The van der Waals surface area contributed by atoms with E-state index in [9.17, 15) is 0 Å². The number of halogens is 1. The summed E-state index contributed by atoms with van der Waals surface area (Å²) in [5, 5.41) is 5.43. The standard InChI is InChI=1S/C11H11ClN4S2/c1-2-6-5-13-11(17-6)14-9-7(12)3-4-8-10(9)16-18-15-8/h3-4,6H,2,5H2,1H3,(H,13,14). The van der Waals surface area contributed by atoms with Crippen LogP contribution in [-0.2, 0) is 0 Å². The van der Waals surface area contributed by atoms with E-state index in [0.717, 1.165) is 34.9 Å². The molecule has 3 rings (SSSR count). The molecule has 0 radical (unpaired) electrons. The molecule has 1 atom stereocenters. The number of fused-ring (bicyclic) bond motifs is 1. The summed E-state index contributed by atoms with van der Waals surface area (Å²) >= 11 is 9.17. The summed E-state index contributed by atoms with van der Waals surface area (Å²) in [7, 11) is 0. The SMILES string of the molecule is CCC1CN=C(Nc2c(Cl)ccc3nsnc23)S1. The normalized spacial score (nSPS) is 19.2. The van der Waals surface area contributed by atoms with Crippen molar-refractivity contribution in [2.75, 3.05) is 11.9 Å². The molecule has 0 bridgehead atoms. The smallest absolute Gasteiger partial charge is 0.161 e. The average molecular weight is 299 g/mol. The fourth-order valence-corrected chi connectivity index (χ4v) is 3.44. The molecule has 1 aliphatic rings. The van der Waals surface area contributed by atoms with Crippen molar-refractivity contribution in [2.45, 2.75) is 18.6 Å². The molecule has 0 amide bonds. The average Bonchev–Trinajstić information content (AvgIpc) is 3.01. The number of amidine groups is 1. The fraction of sp³-hybridized carbons (Fsp3) is 0.364. The number of anilines is 1. The molecule has 1 aliphatic heterocycles. The number of nitrogens with one attached hydrogen (secondary N) is 1. The third-order valence-electron chi connectivity index (χ3n) is 2.78. The van der Waals surface area contributed by atoms with Gasteiger partial charge in [-0.2, -0.15) is 8.75 Å². The maximum absolute atomic E-state index is 6.22. The van der Waals surface area contributed by atoms with Gasteiger partial charge in [0, 0.05) is 5.25 Å². The molecule has 18 heavy (non-hydrogen) atoms. The lowest BCUT2D eigenvalue weighted by atomic mass is 10.2. The van der Waals surface area contributed by atoms with Crippen molar-refractivity contribution in [2.24, 2.45) is 4.99 Å². The van der Waals surface area contributed by atoms with Crippen molar-refractivity contribution in [3.63, 3.8) is 0 Å². The second-order valence-electron chi connectivity index (χ2n) is 3.97. The molecular formula is C11H11ClN4S2. The van der Waals surface area contributed by atoms with Crippen molar-refractivity contribution in [3.05, 3.63) is 17.2 Å². The van der Waals surface area contributed by atoms with Crippen LogP contribution < -0.4 is 5.32 Å². The number of aliphatic imine (C=N–C) groups is 1. The highest BCUT2D eigenvalue weighted by molar-refractivity contribution is 8.15. The number of thioether (sulfide) groups is 1. The molecule has 2 heterocycles. The lowest BCUT2D eigenvalue weighted by molar-refractivity contribution is 0.844. The first-order chi connectivity index (χ1) is 8.78. The van der Waals surface area contributed by atoms with Crippen LogP contribution in [0.2, 0.25) is 5.02 Å². The third-order valence-corrected chi connectivity index (χ3v) is 4.91. The molecule has 0 spiro atoms. The highest BCUT2D eigenvalue weighted by Gasteiger charge is 2.20. The zero-order valence-electron chi connectivity index (χ0n) is 9.68. The van der Waals surface area contributed by atoms with Crippen LogP contribution in [0.25, 0.3) is 11.0 Å². The second kappa shape index (κ2) is 5.03. The highest BCUT2D eigenvalue weighted by Crippen LogP contribution is 2.32. The van der Waals surface area contributed by atoms with Crippen molar-refractivity contribution in [1.82, 2.24) is 8.75 Å². The van der Waals surface area contributed by atoms with Gasteiger partial charge in [-0.25, -0.2) is 0 Å². The molecule has 0 saturated heterocycles. The maximum Gasteiger partial charge on any atom is 0.161 e. The number of hydrogen-bond acceptors (Lipinski definition) is 6. The van der Waals surface area contributed by atoms with Crippen LogP contribution in [0.1, 0.15) is 13.3 Å². The van der Waals surface area contributed by atoms with E-state index in [0.29, 0.717) is 10.3 Å². The summed E-state index contributed by atoms with van der Waals surface area (Å²) in [4.78, 5) is 4.48. The molecule has 94 valence electrons. The number of aromatic nitrogens is 2. The summed E-state index contributed by atoms with van der Waals surface area (Å²) < 4.78 is 8.49. The number of nitrogens with zero attached hydrogens (tertiary/aromatic N) is 3. The van der Waals surface area contributed by atoms with E-state index in [1.54, 1.807) is 11.8 Å². The van der Waals surface area contributed by atoms with Gasteiger partial charge in [0.2, 0.25) is 0 Å². The van der Waals surface area contributed by atoms with Gasteiger partial charge in [0.1, 0.15) is 11.0 Å². The second-order valence-corrected chi connectivity index (χ2v) is 6.20. The third kappa shape index (κ3) is 2.20. The first-order valence-corrected chi connectivity index (χ1v) is 7.65. The van der Waals surface area contributed by atoms with Crippen LogP contribution in [0.3, 0.4) is 0 Å². The molecule has 7 heteroatoms. The van der Waals surface area contributed by atoms with Gasteiger partial charge >= 0.3 is 0 Å². The fourth-order valence-electron chi connectivity index (χ4n) is 1.75. The Kier molecular flexibility index (Phi) is 3.41. The van der Waals surface area contributed by atoms with Gasteiger partial charge in [0.15, 0.2) is 5.17 Å². The van der Waals surface area contributed by atoms with Crippen LogP contribution in [0.4, 0.5) is 5.69 Å². The van der Waals surface area contributed by atoms with Crippen LogP contribution >= 0.6 is 35.1 Å². The zero-order valence-corrected chi connectivity index (χ0v) is 12.1. The number of hydrogen-bond donors (Lipinski definition) is 1. The predicted octanol–water partition coefficient (Wildman–Crippen LogP) is 3.64. The molecule has 0 aliphatic carbocycles. The summed E-state index contributed by atoms with van der Waals surface area (Å²) in [6.45, 7) is 3.04. The maximum atomic E-state index is 6.22. The van der Waals surface area contributed by atoms with Crippen molar-refractivity contribution in [3.8, 4) is 0 Å². The van der Waals surface area contributed by atoms with Crippen molar-refractivity contribution < 1.29 is 0 Å². The van der Waals surface area contributed by atoms with E-state index >= 15 is 0 Å². The van der Waals surface area contributed by atoms with Gasteiger partial charge in [-0.1, -0.05) is 30.3 Å². The largest absolute Gasteiger partial charge is 0.332 e. The first-order valence-electron chi connectivity index (χ1n) is 5.67. The van der Waals surface area contributed by atoms with E-state index < -0.39 is 0 Å². The Morgan fingerprint density at radius 3 is 3.11 bits per heavy atom. The van der Waals surface area contributed by atoms with Gasteiger partial charge < -0.3 is 5.32 Å². The Morgan fingerprint density at radius 2 is 2.33 bits per heavy atom. The Bertz CT molecular complexity index is 610. The minimum atomic E-state index is 0.569. The molecule has 1 aromatic carbocycles. The molecule has 1 aromatic heterocycles. The lowest BCUT2D eigenvalue weighted by Gasteiger charge is -2.08. The Hall–Kier alpha value is -0.850. The first kappa shape index (κ1) is 12.2. The van der Waals surface area contributed by atoms with E-state index in [1.807, 2.05) is 12.1 Å². The minimum absolute atomic E-state index is 0.569. The summed E-state index contributed by atoms with van der Waals surface area (Å²) in [5.41, 5.74) is 2.49. The van der Waals surface area contributed by atoms with Gasteiger partial charge in [0.25, 0.3) is 0 Å². The van der Waals surface area contributed by atoms with Gasteiger partial charge in [-0.15, -0.1) is 0 Å². The monoisotopic (exact) mass is 298 g/mol. The van der Waals surface area contributed by atoms with E-state index in [4.69, 9.17) is 11.6 Å². The summed E-state index contributed by atoms with van der Waals surface area (Å²) in [6.07, 6.45) is 1.12. The zero-order chi connectivity index (χ0) is 12.5. The lowest BCUT2D eigenvalue weighted by Crippen LogP contribution is -2.07. The topological polar surface area (TPSA) is 50.2 Å². The van der Waals surface area contributed by atoms with E-state index in [1.165, 1.54) is 11.7 Å². The Labute approximate surface area is 118 Å². The molecule has 1 N–H and O–H groups in total. The molecule has 0 saturated carbocycles. The highest BCUT2D eigenvalue weighted by atomic mass is 35.5. The molecule has 2 aromatic rings. The Morgan fingerprint density at radius 1 is 1.44 bits per heavy atom. The molecular weight excluding hydrogens is 288 g/mol. The van der Waals surface area contributed by atoms with Crippen molar-refractivity contribution in [1.29, 1.82) is 0 Å². The van der Waals surface area contributed by atoms with Gasteiger partial charge in [-0.05, 0) is 18.6 Å². The summed E-state index contributed by atoms with van der Waals surface area (Å²) in [6, 6.07) is 3.72. The molecule has 4 nitrogen and oxygen atoms in total. The minimum Gasteiger partial charge on any atom is -0.332 e. The molecule has 0 fully saturated rings. The summed E-state index contributed by atoms with van der Waals surface area (Å²) in [5.74, 6) is 0. The van der Waals surface area contributed by atoms with Crippen LogP contribution in [-0.4, -0.2) is 25.7 Å². The number of benzene rings is 1.